The molecule has 0 amide bonds. The van der Waals surface area contributed by atoms with E-state index in [1.54, 1.807) is 0 Å². The molecule has 3 atom stereocenters. The Kier molecular flexibility index (Phi) is 13.0. The number of allylic oxidation sites excluding steroid dienone is 1. The fourth-order valence-corrected chi connectivity index (χ4v) is 7.61. The van der Waals surface area contributed by atoms with Crippen molar-refractivity contribution in [3.05, 3.63) is 93.2 Å². The second-order valence-electron chi connectivity index (χ2n) is 15.6. The number of nitrogens with zero attached hydrogens (tertiary/aromatic N) is 2. The smallest absolute Gasteiger partial charge is 0.139 e. The third-order valence-electron chi connectivity index (χ3n) is 10.9. The average molecular weight is 701 g/mol. The minimum Gasteiger partial charge on any atom is -0.513 e. The second kappa shape index (κ2) is 17.0. The van der Waals surface area contributed by atoms with Crippen LogP contribution in [0.25, 0.3) is 11.1 Å². The average Bonchev–Trinajstić information content (AvgIpc) is 3.49. The SMILES string of the molecule is CC/C=C(/O)CCN(Cc1cc(Cl)c(O[C@H]2CCc3c(-c4cccc(OCCCN5CC5(C)C)c4C)cccc32)cc1CC(C)CC)C(C)C. The molecular formula is C44H61ClN2O3. The van der Waals surface area contributed by atoms with Crippen LogP contribution in [0, 0.1) is 12.8 Å². The van der Waals surface area contributed by atoms with E-state index < -0.39 is 0 Å². The molecule has 0 bridgehead atoms. The largest absolute Gasteiger partial charge is 0.513 e. The van der Waals surface area contributed by atoms with Crippen LogP contribution in [-0.4, -0.2) is 52.7 Å². The number of hydrogen-bond acceptors (Lipinski definition) is 5. The summed E-state index contributed by atoms with van der Waals surface area (Å²) in [7, 11) is 0. The molecule has 1 aliphatic heterocycles. The third kappa shape index (κ3) is 9.46. The molecule has 272 valence electrons. The number of aliphatic hydroxyl groups is 1. The first-order valence-electron chi connectivity index (χ1n) is 19.1. The Balaban J connectivity index is 1.34. The summed E-state index contributed by atoms with van der Waals surface area (Å²) in [6, 6.07) is 17.8. The molecule has 1 N–H and O–H groups in total. The van der Waals surface area contributed by atoms with Crippen molar-refractivity contribution in [2.45, 2.75) is 125 Å². The van der Waals surface area contributed by atoms with E-state index in [1.165, 1.54) is 45.5 Å². The van der Waals surface area contributed by atoms with E-state index in [4.69, 9.17) is 21.1 Å². The highest BCUT2D eigenvalue weighted by Gasteiger charge is 2.41. The Hall–Kier alpha value is -2.99. The molecule has 50 heavy (non-hydrogen) atoms. The maximum Gasteiger partial charge on any atom is 0.139 e. The summed E-state index contributed by atoms with van der Waals surface area (Å²) in [6.07, 6.45) is 8.36. The Morgan fingerprint density at radius 1 is 1.06 bits per heavy atom. The van der Waals surface area contributed by atoms with Gasteiger partial charge in [-0.2, -0.15) is 0 Å². The van der Waals surface area contributed by atoms with Gasteiger partial charge in [0.2, 0.25) is 0 Å². The van der Waals surface area contributed by atoms with E-state index in [0.29, 0.717) is 34.7 Å². The maximum atomic E-state index is 10.3. The molecule has 0 spiro atoms. The molecule has 1 heterocycles. The van der Waals surface area contributed by atoms with Gasteiger partial charge in [0.15, 0.2) is 0 Å². The molecule has 0 radical (unpaired) electrons. The zero-order chi connectivity index (χ0) is 36.0. The number of halogens is 1. The van der Waals surface area contributed by atoms with Crippen molar-refractivity contribution in [3.8, 4) is 22.6 Å². The molecule has 3 aromatic rings. The molecule has 0 saturated carbocycles. The summed E-state index contributed by atoms with van der Waals surface area (Å²) < 4.78 is 13.2. The molecule has 0 aromatic heterocycles. The number of fused-ring (bicyclic) bond motifs is 1. The van der Waals surface area contributed by atoms with Crippen LogP contribution in [0.15, 0.2) is 60.4 Å². The lowest BCUT2D eigenvalue weighted by Gasteiger charge is -2.28. The van der Waals surface area contributed by atoms with Crippen molar-refractivity contribution in [2.75, 3.05) is 26.2 Å². The monoisotopic (exact) mass is 700 g/mol. The van der Waals surface area contributed by atoms with Gasteiger partial charge in [0.25, 0.3) is 0 Å². The van der Waals surface area contributed by atoms with Gasteiger partial charge in [-0.15, -0.1) is 0 Å². The van der Waals surface area contributed by atoms with Crippen LogP contribution in [0.3, 0.4) is 0 Å². The summed E-state index contributed by atoms with van der Waals surface area (Å²) >= 11 is 7.05. The van der Waals surface area contributed by atoms with Crippen molar-refractivity contribution >= 4 is 11.6 Å². The normalized spacial score (nSPS) is 18.8. The Morgan fingerprint density at radius 2 is 1.80 bits per heavy atom. The minimum absolute atomic E-state index is 0.0494. The van der Waals surface area contributed by atoms with Crippen LogP contribution >= 0.6 is 11.6 Å². The van der Waals surface area contributed by atoms with Gasteiger partial charge in [-0.3, -0.25) is 9.80 Å². The summed E-state index contributed by atoms with van der Waals surface area (Å²) in [4.78, 5) is 4.93. The van der Waals surface area contributed by atoms with Crippen LogP contribution in [0.4, 0.5) is 0 Å². The standard InChI is InChI=1S/C44H61ClN2O3/c1-9-14-35(48)21-23-46(30(3)4)28-34-26-40(45)43(27-33(34)25-31(5)10-2)50-42-20-19-38-37(16-11-17-39(38)42)36-15-12-18-41(32(36)6)49-24-13-22-47-29-44(47,7)8/h11-12,14-18,26-27,30-31,42,48H,9-10,13,19-25,28-29H2,1-8H3/b35-14+/t31?,42-,47?/m0/s1. The van der Waals surface area contributed by atoms with Crippen molar-refractivity contribution in [3.63, 3.8) is 0 Å². The van der Waals surface area contributed by atoms with Crippen molar-refractivity contribution in [2.24, 2.45) is 5.92 Å². The van der Waals surface area contributed by atoms with Gasteiger partial charge in [0.05, 0.1) is 17.4 Å². The molecule has 1 fully saturated rings. The van der Waals surface area contributed by atoms with Gasteiger partial charge in [-0.05, 0) is 136 Å². The number of hydrogen-bond donors (Lipinski definition) is 1. The Morgan fingerprint density at radius 3 is 2.50 bits per heavy atom. The van der Waals surface area contributed by atoms with Crippen LogP contribution < -0.4 is 9.47 Å². The lowest BCUT2D eigenvalue weighted by molar-refractivity contribution is 0.202. The predicted molar refractivity (Wildman–Crippen MR) is 210 cm³/mol. The van der Waals surface area contributed by atoms with E-state index in [-0.39, 0.29) is 6.10 Å². The number of benzene rings is 3. The Bertz CT molecular complexity index is 1630. The van der Waals surface area contributed by atoms with Crippen LogP contribution in [0.1, 0.15) is 114 Å². The lowest BCUT2D eigenvalue weighted by atomic mass is 9.93. The highest BCUT2D eigenvalue weighted by Crippen LogP contribution is 2.43. The maximum absolute atomic E-state index is 10.3. The van der Waals surface area contributed by atoms with E-state index in [1.807, 2.05) is 6.08 Å². The zero-order valence-electron chi connectivity index (χ0n) is 31.9. The van der Waals surface area contributed by atoms with Gasteiger partial charge in [0, 0.05) is 44.2 Å². The quantitative estimate of drug-likeness (QED) is 0.0813. The fourth-order valence-electron chi connectivity index (χ4n) is 7.38. The molecule has 6 heteroatoms. The zero-order valence-corrected chi connectivity index (χ0v) is 32.7. The summed E-state index contributed by atoms with van der Waals surface area (Å²) in [5.41, 5.74) is 9.23. The fraction of sp³-hybridized carbons (Fsp3) is 0.545. The first kappa shape index (κ1) is 38.2. The van der Waals surface area contributed by atoms with Gasteiger partial charge in [-0.1, -0.05) is 69.1 Å². The van der Waals surface area contributed by atoms with E-state index in [9.17, 15) is 5.11 Å². The molecule has 5 rings (SSSR count). The number of ether oxygens (including phenoxy) is 2. The highest BCUT2D eigenvalue weighted by atomic mass is 35.5. The van der Waals surface area contributed by atoms with Crippen molar-refractivity contribution in [1.82, 2.24) is 9.80 Å². The second-order valence-corrected chi connectivity index (χ2v) is 16.0. The van der Waals surface area contributed by atoms with Crippen LogP contribution in [0.2, 0.25) is 5.02 Å². The summed E-state index contributed by atoms with van der Waals surface area (Å²) in [5, 5.41) is 11.0. The predicted octanol–water partition coefficient (Wildman–Crippen LogP) is 11.3. The van der Waals surface area contributed by atoms with Gasteiger partial charge in [0.1, 0.15) is 17.6 Å². The molecule has 5 nitrogen and oxygen atoms in total. The van der Waals surface area contributed by atoms with Crippen LogP contribution in [-0.2, 0) is 19.4 Å². The first-order valence-corrected chi connectivity index (χ1v) is 19.5. The lowest BCUT2D eigenvalue weighted by Crippen LogP contribution is -2.32. The molecule has 2 aliphatic rings. The van der Waals surface area contributed by atoms with Crippen LogP contribution in [0.5, 0.6) is 11.5 Å². The third-order valence-corrected chi connectivity index (χ3v) is 11.2. The van der Waals surface area contributed by atoms with E-state index >= 15 is 0 Å². The Labute approximate surface area is 307 Å². The molecule has 3 aromatic carbocycles. The molecule has 1 saturated heterocycles. The van der Waals surface area contributed by atoms with Crippen molar-refractivity contribution in [1.29, 1.82) is 0 Å². The topological polar surface area (TPSA) is 44.9 Å². The summed E-state index contributed by atoms with van der Waals surface area (Å²) in [5.74, 6) is 2.77. The van der Waals surface area contributed by atoms with E-state index in [0.717, 1.165) is 76.3 Å². The summed E-state index contributed by atoms with van der Waals surface area (Å²) in [6.45, 7) is 22.4. The highest BCUT2D eigenvalue weighted by molar-refractivity contribution is 6.32. The number of aliphatic hydroxyl groups excluding tert-OH is 1. The van der Waals surface area contributed by atoms with Gasteiger partial charge >= 0.3 is 0 Å². The van der Waals surface area contributed by atoms with Gasteiger partial charge < -0.3 is 14.6 Å². The minimum atomic E-state index is -0.0494. The molecule has 1 aliphatic carbocycles. The first-order chi connectivity index (χ1) is 23.9. The van der Waals surface area contributed by atoms with Gasteiger partial charge in [-0.25, -0.2) is 0 Å². The van der Waals surface area contributed by atoms with E-state index in [2.05, 4.69) is 114 Å². The van der Waals surface area contributed by atoms with Crippen molar-refractivity contribution < 1.29 is 14.6 Å². The number of rotatable bonds is 18. The molecular weight excluding hydrogens is 640 g/mol. The molecule has 2 unspecified atom stereocenters.